The second-order valence-corrected chi connectivity index (χ2v) is 8.98. The van der Waals surface area contributed by atoms with Gasteiger partial charge in [-0.2, -0.15) is 0 Å². The summed E-state index contributed by atoms with van der Waals surface area (Å²) in [6, 6.07) is 20.5. The number of alkyl halides is 2. The molecule has 8 heteroatoms. The van der Waals surface area contributed by atoms with Crippen LogP contribution in [-0.2, 0) is 16.7 Å². The van der Waals surface area contributed by atoms with Gasteiger partial charge in [-0.15, -0.1) is 23.2 Å². The lowest BCUT2D eigenvalue weighted by Crippen LogP contribution is -2.32. The maximum atomic E-state index is 10.4. The molecule has 31 heavy (non-hydrogen) atoms. The van der Waals surface area contributed by atoms with Crippen molar-refractivity contribution in [2.75, 3.05) is 29.7 Å². The number of halogens is 2. The van der Waals surface area contributed by atoms with Crippen molar-refractivity contribution in [3.8, 4) is 0 Å². The van der Waals surface area contributed by atoms with Gasteiger partial charge in [0.1, 0.15) is 10.1 Å². The van der Waals surface area contributed by atoms with Crippen molar-refractivity contribution in [3.63, 3.8) is 0 Å². The summed E-state index contributed by atoms with van der Waals surface area (Å²) in [6.45, 7) is 4.34. The normalized spacial score (nSPS) is 10.8. The Bertz CT molecular complexity index is 1010. The molecule has 0 bridgehead atoms. The lowest BCUT2D eigenvalue weighted by atomic mass is 10.2. The third-order valence-electron chi connectivity index (χ3n) is 4.46. The first-order chi connectivity index (χ1) is 14.8. The molecule has 2 aromatic carbocycles. The molecular formula is C23H26Cl2N2O3S. The molecule has 0 N–H and O–H groups in total. The predicted octanol–water partition coefficient (Wildman–Crippen LogP) is 4.21. The Balaban J connectivity index is 0.000000262. The number of anilines is 1. The summed E-state index contributed by atoms with van der Waals surface area (Å²) in [5.41, 5.74) is 3.38. The van der Waals surface area contributed by atoms with Gasteiger partial charge in [0.05, 0.1) is 4.90 Å². The molecule has 1 aromatic heterocycles. The summed E-state index contributed by atoms with van der Waals surface area (Å²) in [5, 5.41) is 0. The smallest absolute Gasteiger partial charge is 0.173 e. The topological polar surface area (TPSA) is 64.3 Å². The van der Waals surface area contributed by atoms with Crippen LogP contribution in [0.2, 0.25) is 0 Å². The van der Waals surface area contributed by atoms with Crippen molar-refractivity contribution >= 4 is 39.0 Å². The van der Waals surface area contributed by atoms with Crippen LogP contribution < -0.4 is 9.47 Å². The zero-order valence-corrected chi connectivity index (χ0v) is 19.7. The zero-order chi connectivity index (χ0) is 22.7. The van der Waals surface area contributed by atoms with Crippen LogP contribution >= 0.6 is 23.2 Å². The molecule has 0 spiro atoms. The minimum absolute atomic E-state index is 0.178. The highest BCUT2D eigenvalue weighted by Crippen LogP contribution is 2.15. The van der Waals surface area contributed by atoms with E-state index in [1.807, 2.05) is 25.1 Å². The first kappa shape index (κ1) is 25.1. The van der Waals surface area contributed by atoms with Gasteiger partial charge in [0.15, 0.2) is 18.9 Å². The molecule has 0 aliphatic heterocycles. The maximum absolute atomic E-state index is 10.4. The highest BCUT2D eigenvalue weighted by molar-refractivity contribution is 7.85. The molecule has 1 heterocycles. The molecule has 3 rings (SSSR count). The summed E-state index contributed by atoms with van der Waals surface area (Å²) in [5.74, 6) is 1.22. The standard InChI is InChI=1S/C16H19Cl2N2.C7H8O3S/c17-8-12-20(13-9-18)16-6-4-15(5-7-16)14-19-10-2-1-3-11-19;1-6-2-4-7(5-3-6)11(8,9)10/h1-7,10-11H,8-9,12-14H2;2-5H,1H3,(H,8,9,10)/q+1;/p-1. The van der Waals surface area contributed by atoms with Gasteiger partial charge >= 0.3 is 0 Å². The number of nitrogens with zero attached hydrogens (tertiary/aromatic N) is 2. The van der Waals surface area contributed by atoms with Crippen LogP contribution in [0, 0.1) is 6.92 Å². The predicted molar refractivity (Wildman–Crippen MR) is 125 cm³/mol. The summed E-state index contributed by atoms with van der Waals surface area (Å²) in [4.78, 5) is 2.03. The number of hydrogen-bond donors (Lipinski definition) is 0. The molecule has 0 radical (unpaired) electrons. The van der Waals surface area contributed by atoms with E-state index in [1.165, 1.54) is 23.4 Å². The Kier molecular flexibility index (Phi) is 10.3. The lowest BCUT2D eigenvalue weighted by Gasteiger charge is -2.22. The van der Waals surface area contributed by atoms with Crippen molar-refractivity contribution in [1.82, 2.24) is 0 Å². The molecule has 0 aliphatic rings. The van der Waals surface area contributed by atoms with E-state index in [0.717, 1.165) is 25.2 Å². The molecular weight excluding hydrogens is 455 g/mol. The van der Waals surface area contributed by atoms with E-state index in [9.17, 15) is 13.0 Å². The SMILES string of the molecule is Cc1ccc(S(=O)(=O)[O-])cc1.ClCCN(CCCl)c1ccc(C[n+]2ccccc2)cc1. The molecule has 0 amide bonds. The molecule has 166 valence electrons. The minimum atomic E-state index is -4.27. The van der Waals surface area contributed by atoms with E-state index in [-0.39, 0.29) is 4.90 Å². The Hall–Kier alpha value is -2.12. The third kappa shape index (κ3) is 8.87. The van der Waals surface area contributed by atoms with Crippen molar-refractivity contribution in [1.29, 1.82) is 0 Å². The van der Waals surface area contributed by atoms with Crippen molar-refractivity contribution in [2.45, 2.75) is 18.4 Å². The molecule has 0 aliphatic carbocycles. The van der Waals surface area contributed by atoms with E-state index in [1.54, 1.807) is 12.1 Å². The fourth-order valence-electron chi connectivity index (χ4n) is 2.84. The number of aromatic nitrogens is 1. The molecule has 3 aromatic rings. The van der Waals surface area contributed by atoms with Gasteiger partial charge in [-0.05, 0) is 31.2 Å². The average molecular weight is 481 g/mol. The number of hydrogen-bond acceptors (Lipinski definition) is 4. The van der Waals surface area contributed by atoms with Gasteiger partial charge in [0, 0.05) is 48.2 Å². The highest BCUT2D eigenvalue weighted by atomic mass is 35.5. The zero-order valence-electron chi connectivity index (χ0n) is 17.3. The van der Waals surface area contributed by atoms with Crippen molar-refractivity contribution < 1.29 is 17.5 Å². The second kappa shape index (κ2) is 12.7. The average Bonchev–Trinajstić information content (AvgIpc) is 2.75. The van der Waals surface area contributed by atoms with Gasteiger partial charge in [-0.3, -0.25) is 0 Å². The highest BCUT2D eigenvalue weighted by Gasteiger charge is 2.06. The maximum Gasteiger partial charge on any atom is 0.173 e. The summed E-state index contributed by atoms with van der Waals surface area (Å²) >= 11 is 11.7. The van der Waals surface area contributed by atoms with Gasteiger partial charge in [0.25, 0.3) is 0 Å². The molecule has 0 unspecified atom stereocenters. The van der Waals surface area contributed by atoms with Crippen LogP contribution in [0.25, 0.3) is 0 Å². The van der Waals surface area contributed by atoms with Gasteiger partial charge in [-0.25, -0.2) is 13.0 Å². The van der Waals surface area contributed by atoms with Crippen LogP contribution in [0.1, 0.15) is 11.1 Å². The monoisotopic (exact) mass is 480 g/mol. The van der Waals surface area contributed by atoms with E-state index in [4.69, 9.17) is 23.2 Å². The summed E-state index contributed by atoms with van der Waals surface area (Å²) in [7, 11) is -4.27. The van der Waals surface area contributed by atoms with Crippen LogP contribution in [0.5, 0.6) is 0 Å². The van der Waals surface area contributed by atoms with Gasteiger partial charge in [0.2, 0.25) is 0 Å². The molecule has 5 nitrogen and oxygen atoms in total. The van der Waals surface area contributed by atoms with E-state index < -0.39 is 10.1 Å². The Morgan fingerprint density at radius 2 is 1.42 bits per heavy atom. The first-order valence-corrected chi connectivity index (χ1v) is 12.2. The fourth-order valence-corrected chi connectivity index (χ4v) is 3.72. The number of aryl methyl sites for hydroxylation is 1. The van der Waals surface area contributed by atoms with Gasteiger partial charge in [-0.1, -0.05) is 35.9 Å². The number of pyridine rings is 1. The van der Waals surface area contributed by atoms with Crippen molar-refractivity contribution in [2.24, 2.45) is 0 Å². The largest absolute Gasteiger partial charge is 0.744 e. The third-order valence-corrected chi connectivity index (χ3v) is 5.65. The van der Waals surface area contributed by atoms with E-state index >= 15 is 0 Å². The van der Waals surface area contributed by atoms with E-state index in [0.29, 0.717) is 11.8 Å². The number of benzene rings is 2. The van der Waals surface area contributed by atoms with Crippen molar-refractivity contribution in [3.05, 3.63) is 90.3 Å². The quantitative estimate of drug-likeness (QED) is 0.275. The first-order valence-electron chi connectivity index (χ1n) is 9.76. The lowest BCUT2D eigenvalue weighted by molar-refractivity contribution is -0.688. The molecule has 0 saturated carbocycles. The van der Waals surface area contributed by atoms with Crippen LogP contribution in [-0.4, -0.2) is 37.8 Å². The number of rotatable bonds is 8. The summed E-state index contributed by atoms with van der Waals surface area (Å²) in [6.07, 6.45) is 4.14. The second-order valence-electron chi connectivity index (χ2n) is 6.85. The minimum Gasteiger partial charge on any atom is -0.744 e. The molecule has 0 atom stereocenters. The Morgan fingerprint density at radius 1 is 0.871 bits per heavy atom. The van der Waals surface area contributed by atoms with Crippen LogP contribution in [0.4, 0.5) is 5.69 Å². The summed E-state index contributed by atoms with van der Waals surface area (Å²) < 4.78 is 33.3. The van der Waals surface area contributed by atoms with E-state index in [2.05, 4.69) is 46.1 Å². The Labute approximate surface area is 194 Å². The molecule has 0 fully saturated rings. The Morgan fingerprint density at radius 3 is 1.90 bits per heavy atom. The van der Waals surface area contributed by atoms with Crippen LogP contribution in [0.3, 0.4) is 0 Å². The van der Waals surface area contributed by atoms with Crippen LogP contribution in [0.15, 0.2) is 84.0 Å². The fraction of sp³-hybridized carbons (Fsp3) is 0.261. The molecule has 0 saturated heterocycles. The van der Waals surface area contributed by atoms with Gasteiger partial charge < -0.3 is 9.45 Å².